The van der Waals surface area contributed by atoms with Gasteiger partial charge >= 0.3 is 0 Å². The molecule has 0 aromatic heterocycles. The molecule has 1 aliphatic rings. The minimum atomic E-state index is 0.326. The molecule has 1 aromatic rings. The Morgan fingerprint density at radius 1 is 1.14 bits per heavy atom. The highest BCUT2D eigenvalue weighted by molar-refractivity contribution is 5.57. The molecule has 1 fully saturated rings. The zero-order valence-corrected chi connectivity index (χ0v) is 13.6. The Bertz CT molecular complexity index is 477. The van der Waals surface area contributed by atoms with Crippen LogP contribution in [0.5, 0.6) is 17.2 Å². The van der Waals surface area contributed by atoms with Crippen LogP contribution in [0.2, 0.25) is 0 Å². The molecule has 0 bridgehead atoms. The molecule has 1 heterocycles. The SMILES string of the molecule is CNCC1CCN(C)C1c1ccc(OC)c(OC)c1OC. The van der Waals surface area contributed by atoms with Crippen LogP contribution in [0.4, 0.5) is 0 Å². The van der Waals surface area contributed by atoms with Crippen molar-refractivity contribution in [3.8, 4) is 17.2 Å². The smallest absolute Gasteiger partial charge is 0.203 e. The highest BCUT2D eigenvalue weighted by atomic mass is 16.5. The summed E-state index contributed by atoms with van der Waals surface area (Å²) in [5, 5.41) is 3.30. The van der Waals surface area contributed by atoms with Crippen LogP contribution in [0.1, 0.15) is 18.0 Å². The third kappa shape index (κ3) is 2.94. The van der Waals surface area contributed by atoms with Crippen molar-refractivity contribution in [1.82, 2.24) is 10.2 Å². The molecule has 1 saturated heterocycles. The van der Waals surface area contributed by atoms with Gasteiger partial charge in [-0.25, -0.2) is 0 Å². The summed E-state index contributed by atoms with van der Waals surface area (Å²) in [6.07, 6.45) is 1.18. The Kier molecular flexibility index (Phi) is 5.31. The van der Waals surface area contributed by atoms with E-state index in [4.69, 9.17) is 14.2 Å². The summed E-state index contributed by atoms with van der Waals surface area (Å²) in [4.78, 5) is 2.38. The maximum atomic E-state index is 5.65. The molecular weight excluding hydrogens is 268 g/mol. The molecule has 5 heteroatoms. The molecule has 0 radical (unpaired) electrons. The molecule has 5 nitrogen and oxygen atoms in total. The van der Waals surface area contributed by atoms with Crippen molar-refractivity contribution in [2.24, 2.45) is 5.92 Å². The van der Waals surface area contributed by atoms with E-state index in [1.165, 1.54) is 6.42 Å². The largest absolute Gasteiger partial charge is 0.493 e. The fourth-order valence-electron chi connectivity index (χ4n) is 3.35. The lowest BCUT2D eigenvalue weighted by Crippen LogP contribution is -2.27. The molecule has 0 aliphatic carbocycles. The molecule has 118 valence electrons. The van der Waals surface area contributed by atoms with Crippen molar-refractivity contribution in [2.45, 2.75) is 12.5 Å². The number of likely N-dealkylation sites (tertiary alicyclic amines) is 1. The Hall–Kier alpha value is -1.46. The predicted octanol–water partition coefficient (Wildman–Crippen LogP) is 1.92. The maximum absolute atomic E-state index is 5.65. The van der Waals surface area contributed by atoms with Crippen molar-refractivity contribution in [3.05, 3.63) is 17.7 Å². The van der Waals surface area contributed by atoms with Gasteiger partial charge in [0.1, 0.15) is 0 Å². The lowest BCUT2D eigenvalue weighted by molar-refractivity contribution is 0.259. The number of rotatable bonds is 6. The lowest BCUT2D eigenvalue weighted by Gasteiger charge is -2.28. The summed E-state index contributed by atoms with van der Waals surface area (Å²) in [7, 11) is 9.14. The van der Waals surface area contributed by atoms with Gasteiger partial charge in [0.15, 0.2) is 11.5 Å². The van der Waals surface area contributed by atoms with Crippen LogP contribution in [0, 0.1) is 5.92 Å². The van der Waals surface area contributed by atoms with E-state index in [0.29, 0.717) is 23.5 Å². The van der Waals surface area contributed by atoms with E-state index in [1.54, 1.807) is 21.3 Å². The van der Waals surface area contributed by atoms with Gasteiger partial charge in [0.05, 0.1) is 21.3 Å². The zero-order valence-electron chi connectivity index (χ0n) is 13.6. The second-order valence-electron chi connectivity index (χ2n) is 5.46. The third-order valence-electron chi connectivity index (χ3n) is 4.29. The van der Waals surface area contributed by atoms with E-state index in [1.807, 2.05) is 13.1 Å². The summed E-state index contributed by atoms with van der Waals surface area (Å²) in [5.74, 6) is 2.70. The standard InChI is InChI=1S/C16H26N2O3/c1-17-10-11-8-9-18(2)14(11)12-6-7-13(19-3)16(21-5)15(12)20-4/h6-7,11,14,17H,8-10H2,1-5H3. The van der Waals surface area contributed by atoms with Gasteiger partial charge in [-0.15, -0.1) is 0 Å². The number of ether oxygens (including phenoxy) is 3. The van der Waals surface area contributed by atoms with Crippen LogP contribution in [0.3, 0.4) is 0 Å². The number of benzene rings is 1. The van der Waals surface area contributed by atoms with Crippen molar-refractivity contribution >= 4 is 0 Å². The number of nitrogens with one attached hydrogen (secondary N) is 1. The summed E-state index contributed by atoms with van der Waals surface area (Å²) < 4.78 is 16.5. The molecule has 0 spiro atoms. The average Bonchev–Trinajstić information content (AvgIpc) is 2.86. The van der Waals surface area contributed by atoms with Crippen LogP contribution in [0.25, 0.3) is 0 Å². The first-order valence-electron chi connectivity index (χ1n) is 7.31. The molecule has 1 aromatic carbocycles. The van der Waals surface area contributed by atoms with Crippen LogP contribution in [-0.4, -0.2) is 53.4 Å². The maximum Gasteiger partial charge on any atom is 0.203 e. The van der Waals surface area contributed by atoms with Gasteiger partial charge in [-0.3, -0.25) is 4.90 Å². The van der Waals surface area contributed by atoms with Gasteiger partial charge in [-0.05, 0) is 51.7 Å². The molecule has 0 saturated carbocycles. The van der Waals surface area contributed by atoms with Gasteiger partial charge in [0.2, 0.25) is 5.75 Å². The van der Waals surface area contributed by atoms with E-state index >= 15 is 0 Å². The second-order valence-corrected chi connectivity index (χ2v) is 5.46. The summed E-state index contributed by atoms with van der Waals surface area (Å²) in [6, 6.07) is 4.38. The van der Waals surface area contributed by atoms with Gasteiger partial charge in [-0.2, -0.15) is 0 Å². The Labute approximate surface area is 127 Å². The topological polar surface area (TPSA) is 43.0 Å². The molecule has 2 unspecified atom stereocenters. The van der Waals surface area contributed by atoms with Gasteiger partial charge in [0, 0.05) is 11.6 Å². The van der Waals surface area contributed by atoms with Crippen LogP contribution in [0.15, 0.2) is 12.1 Å². The fraction of sp³-hybridized carbons (Fsp3) is 0.625. The first kappa shape index (κ1) is 15.9. The van der Waals surface area contributed by atoms with E-state index in [2.05, 4.69) is 23.3 Å². The van der Waals surface area contributed by atoms with Crippen molar-refractivity contribution < 1.29 is 14.2 Å². The van der Waals surface area contributed by atoms with E-state index in [-0.39, 0.29) is 0 Å². The number of hydrogen-bond acceptors (Lipinski definition) is 5. The molecule has 1 N–H and O–H groups in total. The average molecular weight is 294 g/mol. The fourth-order valence-corrected chi connectivity index (χ4v) is 3.35. The van der Waals surface area contributed by atoms with E-state index < -0.39 is 0 Å². The molecule has 1 aliphatic heterocycles. The molecule has 0 amide bonds. The molecule has 21 heavy (non-hydrogen) atoms. The van der Waals surface area contributed by atoms with Gasteiger partial charge < -0.3 is 19.5 Å². The first-order valence-corrected chi connectivity index (χ1v) is 7.31. The van der Waals surface area contributed by atoms with Crippen LogP contribution in [-0.2, 0) is 0 Å². The minimum Gasteiger partial charge on any atom is -0.493 e. The van der Waals surface area contributed by atoms with Crippen molar-refractivity contribution in [1.29, 1.82) is 0 Å². The van der Waals surface area contributed by atoms with Gasteiger partial charge in [-0.1, -0.05) is 0 Å². The second kappa shape index (κ2) is 7.00. The molecule has 2 atom stereocenters. The normalized spacial score (nSPS) is 22.3. The molecular formula is C16H26N2O3. The Morgan fingerprint density at radius 3 is 2.43 bits per heavy atom. The van der Waals surface area contributed by atoms with E-state index in [0.717, 1.165) is 24.4 Å². The summed E-state index contributed by atoms with van der Waals surface area (Å²) in [5.41, 5.74) is 1.16. The summed E-state index contributed by atoms with van der Waals surface area (Å²) >= 11 is 0. The zero-order chi connectivity index (χ0) is 15.4. The Morgan fingerprint density at radius 2 is 1.86 bits per heavy atom. The van der Waals surface area contributed by atoms with Crippen molar-refractivity contribution in [3.63, 3.8) is 0 Å². The van der Waals surface area contributed by atoms with Crippen molar-refractivity contribution in [2.75, 3.05) is 48.5 Å². The van der Waals surface area contributed by atoms with Crippen LogP contribution >= 0.6 is 0 Å². The monoisotopic (exact) mass is 294 g/mol. The lowest BCUT2D eigenvalue weighted by atomic mass is 9.92. The predicted molar refractivity (Wildman–Crippen MR) is 83.5 cm³/mol. The minimum absolute atomic E-state index is 0.326. The number of hydrogen-bond donors (Lipinski definition) is 1. The third-order valence-corrected chi connectivity index (χ3v) is 4.29. The number of nitrogens with zero attached hydrogens (tertiary/aromatic N) is 1. The Balaban J connectivity index is 2.46. The summed E-state index contributed by atoms with van der Waals surface area (Å²) in [6.45, 7) is 2.08. The van der Waals surface area contributed by atoms with Gasteiger partial charge in [0.25, 0.3) is 0 Å². The van der Waals surface area contributed by atoms with E-state index in [9.17, 15) is 0 Å². The first-order chi connectivity index (χ1) is 10.2. The highest BCUT2D eigenvalue weighted by Crippen LogP contribution is 2.47. The highest BCUT2D eigenvalue weighted by Gasteiger charge is 2.35. The van der Waals surface area contributed by atoms with Crippen LogP contribution < -0.4 is 19.5 Å². The quantitative estimate of drug-likeness (QED) is 0.868. The molecule has 2 rings (SSSR count). The number of methoxy groups -OCH3 is 3.